The molecule has 0 bridgehead atoms. The van der Waals surface area contributed by atoms with E-state index in [0.717, 1.165) is 59.2 Å². The van der Waals surface area contributed by atoms with Gasteiger partial charge in [0, 0.05) is 0 Å². The fourth-order valence-electron chi connectivity index (χ4n) is 8.65. The largest absolute Gasteiger partial charge is 0.100 e. The van der Waals surface area contributed by atoms with Crippen molar-refractivity contribution in [1.82, 2.24) is 0 Å². The maximum atomic E-state index is 4.01. The van der Waals surface area contributed by atoms with Gasteiger partial charge in [0.15, 0.2) is 0 Å². The van der Waals surface area contributed by atoms with Gasteiger partial charge in [-0.1, -0.05) is 230 Å². The van der Waals surface area contributed by atoms with Crippen LogP contribution in [0.2, 0.25) is 0 Å². The van der Waals surface area contributed by atoms with E-state index >= 15 is 0 Å². The lowest BCUT2D eigenvalue weighted by Crippen LogP contribution is -2.09. The number of hydrogen-bond acceptors (Lipinski definition) is 0. The second kappa shape index (κ2) is 38.7. The first-order valence-corrected chi connectivity index (χ1v) is 24.9. The van der Waals surface area contributed by atoms with Crippen LogP contribution in [0.4, 0.5) is 0 Å². The zero-order valence-electron chi connectivity index (χ0n) is 41.8. The summed E-state index contributed by atoms with van der Waals surface area (Å²) >= 11 is 0. The van der Waals surface area contributed by atoms with Crippen molar-refractivity contribution < 1.29 is 0 Å². The molecule has 0 heterocycles. The average molecular weight is 771 g/mol. The maximum Gasteiger partial charge on any atom is -0.0200 e. The van der Waals surface area contributed by atoms with Crippen molar-refractivity contribution >= 4 is 0 Å². The lowest BCUT2D eigenvalue weighted by molar-refractivity contribution is 0.340. The minimum absolute atomic E-state index is 0.767. The SMILES string of the molecule is C=C(C)CC(C)CCCC(C)CCCC(C)C.C=C/C(C)=C(/CCC(C)CC(C)CC(C)C)C(CC)CCC.CC.CC(C)CCCC(C)CCCC1CC1. The fourth-order valence-corrected chi connectivity index (χ4v) is 8.65. The molecule has 1 saturated carbocycles. The van der Waals surface area contributed by atoms with Crippen LogP contribution in [-0.4, -0.2) is 0 Å². The molecule has 6 unspecified atom stereocenters. The average Bonchev–Trinajstić information content (AvgIpc) is 3.92. The van der Waals surface area contributed by atoms with Crippen molar-refractivity contribution in [3.63, 3.8) is 0 Å². The summed E-state index contributed by atoms with van der Waals surface area (Å²) in [5, 5.41) is 0. The second-order valence-electron chi connectivity index (χ2n) is 20.4. The summed E-state index contributed by atoms with van der Waals surface area (Å²) in [4.78, 5) is 0. The van der Waals surface area contributed by atoms with Crippen molar-refractivity contribution in [2.75, 3.05) is 0 Å². The van der Waals surface area contributed by atoms with Crippen LogP contribution >= 0.6 is 0 Å². The predicted octanol–water partition coefficient (Wildman–Crippen LogP) is 20.1. The number of hydrogen-bond donors (Lipinski definition) is 0. The highest BCUT2D eigenvalue weighted by molar-refractivity contribution is 5.24. The van der Waals surface area contributed by atoms with E-state index in [1.165, 1.54) is 152 Å². The van der Waals surface area contributed by atoms with Gasteiger partial charge < -0.3 is 0 Å². The minimum atomic E-state index is 0.767. The molecule has 0 aromatic heterocycles. The van der Waals surface area contributed by atoms with Gasteiger partial charge in [0.1, 0.15) is 0 Å². The molecule has 0 N–H and O–H groups in total. The van der Waals surface area contributed by atoms with Crippen LogP contribution in [-0.2, 0) is 0 Å². The smallest absolute Gasteiger partial charge is 0.0200 e. The van der Waals surface area contributed by atoms with E-state index in [2.05, 4.69) is 123 Å². The van der Waals surface area contributed by atoms with Crippen LogP contribution in [0.1, 0.15) is 259 Å². The highest BCUT2D eigenvalue weighted by Gasteiger charge is 2.20. The van der Waals surface area contributed by atoms with Crippen molar-refractivity contribution in [3.05, 3.63) is 36.0 Å². The van der Waals surface area contributed by atoms with E-state index in [1.54, 1.807) is 5.57 Å². The highest BCUT2D eigenvalue weighted by atomic mass is 14.3. The van der Waals surface area contributed by atoms with Crippen molar-refractivity contribution in [2.45, 2.75) is 259 Å². The summed E-state index contributed by atoms with van der Waals surface area (Å²) in [7, 11) is 0. The Morgan fingerprint density at radius 3 is 1.44 bits per heavy atom. The van der Waals surface area contributed by atoms with Crippen LogP contribution in [0.25, 0.3) is 0 Å². The molecule has 0 nitrogen and oxygen atoms in total. The maximum absolute atomic E-state index is 4.01. The van der Waals surface area contributed by atoms with Gasteiger partial charge in [-0.2, -0.15) is 0 Å². The van der Waals surface area contributed by atoms with Crippen molar-refractivity contribution in [3.8, 4) is 0 Å². The monoisotopic (exact) mass is 771 g/mol. The molecule has 1 fully saturated rings. The first kappa shape index (κ1) is 58.5. The molecule has 1 aliphatic rings. The molecule has 0 amide bonds. The Morgan fingerprint density at radius 1 is 0.564 bits per heavy atom. The van der Waals surface area contributed by atoms with Gasteiger partial charge in [0.2, 0.25) is 0 Å². The van der Waals surface area contributed by atoms with Gasteiger partial charge in [-0.3, -0.25) is 0 Å². The Bertz CT molecular complexity index is 856. The molecule has 0 saturated heterocycles. The molecular weight excluding hydrogens is 661 g/mol. The molecule has 0 heteroatoms. The van der Waals surface area contributed by atoms with Gasteiger partial charge in [0.25, 0.3) is 0 Å². The normalized spacial score (nSPS) is 16.4. The van der Waals surface area contributed by atoms with Gasteiger partial charge >= 0.3 is 0 Å². The number of allylic oxidation sites excluding steroid dienone is 4. The zero-order valence-corrected chi connectivity index (χ0v) is 41.8. The third-order valence-electron chi connectivity index (χ3n) is 12.1. The van der Waals surface area contributed by atoms with E-state index in [-0.39, 0.29) is 0 Å². The molecular formula is C55H110. The standard InChI is InChI=1S/C22H42.C17H34.C14H28.C2H6/c1-9-12-21(11-3)22(20(8)10-2)14-13-18(6)16-19(7)15-17(4)5;1-14(2)9-7-10-16(5)11-8-12-17(6)13-15(3)4;1-12(2)6-4-7-13(3)8-5-9-14-10-11-14;1-2/h10,17-19,21H,2,9,11-16H2,1,3-8H3;14,16-17H,3,7-13H2,1-2,4-6H3;12-14H,4-11H2,1-3H3;1-2H3/b22-20-;;;. The van der Waals surface area contributed by atoms with E-state index < -0.39 is 0 Å². The zero-order chi connectivity index (χ0) is 42.8. The fraction of sp³-hybridized carbons (Fsp3) is 0.891. The third-order valence-corrected chi connectivity index (χ3v) is 12.1. The Morgan fingerprint density at radius 2 is 1.04 bits per heavy atom. The lowest BCUT2D eigenvalue weighted by Gasteiger charge is -2.24. The van der Waals surface area contributed by atoms with E-state index in [1.807, 2.05) is 13.8 Å². The van der Waals surface area contributed by atoms with E-state index in [0.29, 0.717) is 0 Å². The summed E-state index contributed by atoms with van der Waals surface area (Å²) in [5.41, 5.74) is 4.45. The number of rotatable bonds is 30. The molecule has 0 radical (unpaired) electrons. The van der Waals surface area contributed by atoms with Gasteiger partial charge in [-0.25, -0.2) is 0 Å². The minimum Gasteiger partial charge on any atom is -0.100 e. The van der Waals surface area contributed by atoms with Crippen LogP contribution in [0.15, 0.2) is 36.0 Å². The molecule has 0 aromatic rings. The molecule has 6 atom stereocenters. The quantitative estimate of drug-likeness (QED) is 0.0504. The summed E-state index contributed by atoms with van der Waals surface area (Å²) in [6.07, 6.45) is 32.8. The Hall–Kier alpha value is -0.780. The van der Waals surface area contributed by atoms with Crippen LogP contribution in [0.5, 0.6) is 0 Å². The molecule has 0 aliphatic heterocycles. The van der Waals surface area contributed by atoms with Crippen molar-refractivity contribution in [1.29, 1.82) is 0 Å². The van der Waals surface area contributed by atoms with Gasteiger partial charge in [-0.15, -0.1) is 6.58 Å². The summed E-state index contributed by atoms with van der Waals surface area (Å²) in [5.74, 6) is 8.93. The summed E-state index contributed by atoms with van der Waals surface area (Å²) in [6.45, 7) is 47.1. The molecule has 55 heavy (non-hydrogen) atoms. The molecule has 0 aromatic carbocycles. The van der Waals surface area contributed by atoms with Crippen LogP contribution in [0, 0.1) is 59.2 Å². The Kier molecular flexibility index (Phi) is 41.2. The third kappa shape index (κ3) is 41.2. The Labute approximate surface area is 352 Å². The first-order chi connectivity index (χ1) is 25.9. The van der Waals surface area contributed by atoms with Crippen LogP contribution < -0.4 is 0 Å². The van der Waals surface area contributed by atoms with E-state index in [4.69, 9.17) is 0 Å². The van der Waals surface area contributed by atoms with Crippen LogP contribution in [0.3, 0.4) is 0 Å². The topological polar surface area (TPSA) is 0 Å². The van der Waals surface area contributed by atoms with Gasteiger partial charge in [0.05, 0.1) is 0 Å². The first-order valence-electron chi connectivity index (χ1n) is 24.9. The predicted molar refractivity (Wildman–Crippen MR) is 259 cm³/mol. The van der Waals surface area contributed by atoms with E-state index in [9.17, 15) is 0 Å². The summed E-state index contributed by atoms with van der Waals surface area (Å²) in [6, 6.07) is 0. The molecule has 0 spiro atoms. The Balaban J connectivity index is -0.000000737. The lowest BCUT2D eigenvalue weighted by atomic mass is 9.82. The van der Waals surface area contributed by atoms with Crippen molar-refractivity contribution in [2.24, 2.45) is 59.2 Å². The molecule has 1 rings (SSSR count). The molecule has 330 valence electrons. The molecule has 1 aliphatic carbocycles. The second-order valence-corrected chi connectivity index (χ2v) is 20.4. The highest BCUT2D eigenvalue weighted by Crippen LogP contribution is 2.35. The van der Waals surface area contributed by atoms with Gasteiger partial charge in [-0.05, 0) is 118 Å². The summed E-state index contributed by atoms with van der Waals surface area (Å²) < 4.78 is 0.